The molecule has 3 rings (SSSR count). The lowest BCUT2D eigenvalue weighted by molar-refractivity contribution is 0.580. The second-order valence-electron chi connectivity index (χ2n) is 6.48. The highest BCUT2D eigenvalue weighted by Gasteiger charge is 2.24. The Bertz CT molecular complexity index is 1200. The third kappa shape index (κ3) is 3.53. The molecule has 0 saturated carbocycles. The van der Waals surface area contributed by atoms with Gasteiger partial charge in [0.15, 0.2) is 0 Å². The van der Waals surface area contributed by atoms with E-state index in [1.165, 1.54) is 0 Å². The number of allylic oxidation sites excluding steroid dienone is 1. The molecule has 1 heterocycles. The van der Waals surface area contributed by atoms with Crippen molar-refractivity contribution in [3.63, 3.8) is 0 Å². The Morgan fingerprint density at radius 2 is 1.86 bits per heavy atom. The van der Waals surface area contributed by atoms with Crippen molar-refractivity contribution in [3.8, 4) is 12.3 Å². The van der Waals surface area contributed by atoms with Crippen LogP contribution in [-0.2, 0) is 10.0 Å². The summed E-state index contributed by atoms with van der Waals surface area (Å²) in [4.78, 5) is 5.35. The van der Waals surface area contributed by atoms with Crippen LogP contribution in [0.1, 0.15) is 25.0 Å². The number of hydrogen-bond donors (Lipinski definition) is 1. The molecule has 0 aliphatic rings. The van der Waals surface area contributed by atoms with Gasteiger partial charge in [-0.25, -0.2) is 17.4 Å². The van der Waals surface area contributed by atoms with E-state index in [1.807, 2.05) is 36.6 Å². The number of rotatable bonds is 5. The molecule has 0 atom stereocenters. The van der Waals surface area contributed by atoms with Crippen molar-refractivity contribution < 1.29 is 8.42 Å². The van der Waals surface area contributed by atoms with Crippen LogP contribution in [0.25, 0.3) is 16.6 Å². The van der Waals surface area contributed by atoms with Gasteiger partial charge in [-0.1, -0.05) is 24.1 Å². The van der Waals surface area contributed by atoms with Gasteiger partial charge in [0.05, 0.1) is 16.3 Å². The molecule has 0 bridgehead atoms. The quantitative estimate of drug-likeness (QED) is 0.507. The van der Waals surface area contributed by atoms with Gasteiger partial charge in [-0.2, -0.15) is 0 Å². The number of thioether (sulfide) groups is 1. The van der Waals surface area contributed by atoms with Crippen molar-refractivity contribution in [1.29, 1.82) is 0 Å². The summed E-state index contributed by atoms with van der Waals surface area (Å²) in [6.07, 6.45) is 9.24. The van der Waals surface area contributed by atoms with E-state index < -0.39 is 15.3 Å². The molecule has 0 spiro atoms. The number of aromatic nitrogens is 2. The smallest absolute Gasteiger partial charge is 0.244 e. The molecule has 144 valence electrons. The van der Waals surface area contributed by atoms with Crippen LogP contribution in [0.2, 0.25) is 0 Å². The fraction of sp³-hybridized carbons (Fsp3) is 0.190. The van der Waals surface area contributed by atoms with Crippen molar-refractivity contribution in [2.24, 2.45) is 0 Å². The molecule has 7 heteroatoms. The number of nitrogens with two attached hydrogens (primary N) is 1. The first-order chi connectivity index (χ1) is 13.3. The lowest BCUT2D eigenvalue weighted by atomic mass is 9.97. The van der Waals surface area contributed by atoms with E-state index in [0.29, 0.717) is 11.0 Å². The highest BCUT2D eigenvalue weighted by molar-refractivity contribution is 7.98. The number of nitrogens with zero attached hydrogens (tertiary/aromatic N) is 2. The number of nitrogen functional groups attached to an aromatic ring is 1. The van der Waals surface area contributed by atoms with Gasteiger partial charge in [-0.05, 0) is 67.1 Å². The van der Waals surface area contributed by atoms with Crippen LogP contribution < -0.4 is 5.73 Å². The Morgan fingerprint density at radius 1 is 1.21 bits per heavy atom. The maximum absolute atomic E-state index is 12.8. The van der Waals surface area contributed by atoms with E-state index in [-0.39, 0.29) is 5.95 Å². The first-order valence-corrected chi connectivity index (χ1v) is 11.4. The number of hydrogen-bond acceptors (Lipinski definition) is 5. The normalized spacial score (nSPS) is 12.5. The summed E-state index contributed by atoms with van der Waals surface area (Å²) in [5.74, 6) is 2.53. The van der Waals surface area contributed by atoms with Gasteiger partial charge in [0, 0.05) is 4.90 Å². The van der Waals surface area contributed by atoms with Gasteiger partial charge >= 0.3 is 0 Å². The number of imidazole rings is 1. The van der Waals surface area contributed by atoms with E-state index in [9.17, 15) is 8.42 Å². The predicted molar refractivity (Wildman–Crippen MR) is 118 cm³/mol. The summed E-state index contributed by atoms with van der Waals surface area (Å²) in [7, 11) is -3.65. The van der Waals surface area contributed by atoms with Crippen molar-refractivity contribution in [2.45, 2.75) is 24.0 Å². The van der Waals surface area contributed by atoms with Gasteiger partial charge in [0.1, 0.15) is 0 Å². The Labute approximate surface area is 169 Å². The number of fused-ring (bicyclic) bond motifs is 1. The van der Waals surface area contributed by atoms with Crippen molar-refractivity contribution in [3.05, 3.63) is 59.7 Å². The summed E-state index contributed by atoms with van der Waals surface area (Å²) in [6, 6.07) is 13.4. The SMILES string of the molecule is C#C/C=C(/c1ccc(SC)cc1)c1ccc2nc(N)n(S(=O)(=O)C(C)C)c2c1. The summed E-state index contributed by atoms with van der Waals surface area (Å²) < 4.78 is 26.6. The van der Waals surface area contributed by atoms with Crippen molar-refractivity contribution in [2.75, 3.05) is 12.0 Å². The lowest BCUT2D eigenvalue weighted by Gasteiger charge is -2.12. The van der Waals surface area contributed by atoms with E-state index in [0.717, 1.165) is 25.6 Å². The van der Waals surface area contributed by atoms with Gasteiger partial charge in [-0.3, -0.25) is 0 Å². The fourth-order valence-corrected chi connectivity index (χ4v) is 4.46. The second kappa shape index (κ2) is 7.74. The Hall–Kier alpha value is -2.69. The molecule has 0 saturated heterocycles. The molecular weight excluding hydrogens is 390 g/mol. The molecule has 2 aromatic carbocycles. The van der Waals surface area contributed by atoms with Crippen molar-refractivity contribution >= 4 is 44.3 Å². The number of anilines is 1. The van der Waals surface area contributed by atoms with Crippen LogP contribution in [0.15, 0.2) is 53.4 Å². The zero-order valence-electron chi connectivity index (χ0n) is 15.9. The van der Waals surface area contributed by atoms with Gasteiger partial charge in [-0.15, -0.1) is 18.2 Å². The molecule has 0 aliphatic carbocycles. The zero-order valence-corrected chi connectivity index (χ0v) is 17.5. The van der Waals surface area contributed by atoms with Crippen LogP contribution in [0.3, 0.4) is 0 Å². The van der Waals surface area contributed by atoms with Crippen molar-refractivity contribution in [1.82, 2.24) is 8.96 Å². The minimum atomic E-state index is -3.65. The minimum Gasteiger partial charge on any atom is -0.368 e. The molecule has 5 nitrogen and oxygen atoms in total. The minimum absolute atomic E-state index is 0.0485. The third-order valence-corrected chi connectivity index (χ3v) is 7.25. The lowest BCUT2D eigenvalue weighted by Crippen LogP contribution is -2.23. The largest absolute Gasteiger partial charge is 0.368 e. The zero-order chi connectivity index (χ0) is 20.5. The standard InChI is InChI=1S/C21H21N3O2S2/c1-5-6-18(15-7-10-17(27-4)11-8-15)16-9-12-19-20(13-16)24(21(22)23-19)28(25,26)14(2)3/h1,6-14H,2-4H3,(H2,22,23)/b18-6-. The van der Waals surface area contributed by atoms with Gasteiger partial charge in [0.2, 0.25) is 16.0 Å². The first-order valence-electron chi connectivity index (χ1n) is 8.63. The fourth-order valence-electron chi connectivity index (χ4n) is 2.91. The molecule has 2 N–H and O–H groups in total. The predicted octanol–water partition coefficient (Wildman–Crippen LogP) is 3.99. The van der Waals surface area contributed by atoms with Crippen LogP contribution in [0.5, 0.6) is 0 Å². The summed E-state index contributed by atoms with van der Waals surface area (Å²) in [5.41, 5.74) is 9.45. The van der Waals surface area contributed by atoms with E-state index in [2.05, 4.69) is 10.9 Å². The highest BCUT2D eigenvalue weighted by Crippen LogP contribution is 2.30. The Kier molecular flexibility index (Phi) is 5.54. The summed E-state index contributed by atoms with van der Waals surface area (Å²) >= 11 is 1.66. The van der Waals surface area contributed by atoms with E-state index in [4.69, 9.17) is 12.2 Å². The van der Waals surface area contributed by atoms with Crippen LogP contribution >= 0.6 is 11.8 Å². The molecule has 0 radical (unpaired) electrons. The molecule has 0 amide bonds. The average molecular weight is 412 g/mol. The highest BCUT2D eigenvalue weighted by atomic mass is 32.2. The average Bonchev–Trinajstić information content (AvgIpc) is 3.01. The van der Waals surface area contributed by atoms with E-state index in [1.54, 1.807) is 43.8 Å². The maximum Gasteiger partial charge on any atom is 0.244 e. The van der Waals surface area contributed by atoms with Crippen LogP contribution in [0.4, 0.5) is 5.95 Å². The third-order valence-electron chi connectivity index (χ3n) is 4.43. The molecule has 0 unspecified atom stereocenters. The topological polar surface area (TPSA) is 78.0 Å². The first kappa shape index (κ1) is 20.1. The molecule has 28 heavy (non-hydrogen) atoms. The van der Waals surface area contributed by atoms with Crippen LogP contribution in [0, 0.1) is 12.3 Å². The Balaban J connectivity index is 2.22. The molecule has 3 aromatic rings. The second-order valence-corrected chi connectivity index (χ2v) is 9.70. The van der Waals surface area contributed by atoms with E-state index >= 15 is 0 Å². The maximum atomic E-state index is 12.8. The summed E-state index contributed by atoms with van der Waals surface area (Å²) in [6.45, 7) is 3.23. The Morgan fingerprint density at radius 3 is 2.43 bits per heavy atom. The number of terminal acetylenes is 1. The van der Waals surface area contributed by atoms with Gasteiger partial charge in [0.25, 0.3) is 0 Å². The van der Waals surface area contributed by atoms with Gasteiger partial charge < -0.3 is 5.73 Å². The molecular formula is C21H21N3O2S2. The molecule has 1 aromatic heterocycles. The number of benzene rings is 2. The van der Waals surface area contributed by atoms with Crippen LogP contribution in [-0.4, -0.2) is 28.9 Å². The molecule has 0 fully saturated rings. The summed E-state index contributed by atoms with van der Waals surface area (Å²) in [5, 5.41) is -0.629. The molecule has 0 aliphatic heterocycles. The monoisotopic (exact) mass is 411 g/mol.